The molecule has 0 spiro atoms. The number of benzene rings is 1. The molecule has 5 nitrogen and oxygen atoms in total. The van der Waals surface area contributed by atoms with Gasteiger partial charge in [0.1, 0.15) is 0 Å². The van der Waals surface area contributed by atoms with Gasteiger partial charge in [0.05, 0.1) is 16.3 Å². The Morgan fingerprint density at radius 1 is 1.12 bits per heavy atom. The summed E-state index contributed by atoms with van der Waals surface area (Å²) in [7, 11) is 0. The molecule has 0 bridgehead atoms. The molecule has 1 aromatic carbocycles. The van der Waals surface area contributed by atoms with Crippen LogP contribution in [0.1, 0.15) is 15.4 Å². The zero-order valence-corrected chi connectivity index (χ0v) is 15.1. The molecule has 0 aliphatic rings. The number of carbonyl (C=O) groups is 2. The third-order valence-electron chi connectivity index (χ3n) is 3.23. The van der Waals surface area contributed by atoms with Crippen LogP contribution in [-0.2, 0) is 4.79 Å². The number of hydrogen-bond donors (Lipinski definition) is 1. The van der Waals surface area contributed by atoms with Crippen LogP contribution in [0.15, 0.2) is 59.1 Å². The standard InChI is InChI=1S/C18H15N3O2S2/c1-12-10-14(13-6-3-2-4-7-13)20-18(19-12)25-11-16(22)21-17(23)15-8-5-9-24-15/h2-10H,11H2,1H3,(H,21,22,23). The van der Waals surface area contributed by atoms with Gasteiger partial charge in [-0.2, -0.15) is 0 Å². The normalized spacial score (nSPS) is 10.4. The molecule has 0 aliphatic carbocycles. The summed E-state index contributed by atoms with van der Waals surface area (Å²) in [5.41, 5.74) is 2.63. The van der Waals surface area contributed by atoms with Crippen molar-refractivity contribution in [2.75, 3.05) is 5.75 Å². The largest absolute Gasteiger partial charge is 0.291 e. The molecule has 7 heteroatoms. The maximum Gasteiger partial charge on any atom is 0.267 e. The molecule has 0 saturated carbocycles. The third kappa shape index (κ3) is 4.74. The first-order valence-electron chi connectivity index (χ1n) is 7.53. The Balaban J connectivity index is 1.64. The van der Waals surface area contributed by atoms with Gasteiger partial charge in [-0.3, -0.25) is 14.9 Å². The molecular formula is C18H15N3O2S2. The summed E-state index contributed by atoms with van der Waals surface area (Å²) in [5, 5.41) is 4.67. The van der Waals surface area contributed by atoms with Crippen molar-refractivity contribution < 1.29 is 9.59 Å². The highest BCUT2D eigenvalue weighted by molar-refractivity contribution is 7.99. The number of hydrogen-bond acceptors (Lipinski definition) is 6. The number of amides is 2. The summed E-state index contributed by atoms with van der Waals surface area (Å²) in [6.45, 7) is 1.89. The van der Waals surface area contributed by atoms with E-state index in [1.807, 2.05) is 43.3 Å². The molecule has 1 N–H and O–H groups in total. The molecule has 3 aromatic rings. The number of imide groups is 1. The second kappa shape index (κ2) is 8.04. The van der Waals surface area contributed by atoms with E-state index in [9.17, 15) is 9.59 Å². The number of aryl methyl sites for hydroxylation is 1. The van der Waals surface area contributed by atoms with E-state index in [0.717, 1.165) is 17.0 Å². The van der Waals surface area contributed by atoms with E-state index in [4.69, 9.17) is 0 Å². The zero-order chi connectivity index (χ0) is 17.6. The van der Waals surface area contributed by atoms with Gasteiger partial charge in [-0.05, 0) is 24.4 Å². The fourth-order valence-electron chi connectivity index (χ4n) is 2.12. The predicted molar refractivity (Wildman–Crippen MR) is 99.7 cm³/mol. The fraction of sp³-hybridized carbons (Fsp3) is 0.111. The number of nitrogens with zero attached hydrogens (tertiary/aromatic N) is 2. The Morgan fingerprint density at radius 3 is 2.64 bits per heavy atom. The number of thioether (sulfide) groups is 1. The molecule has 0 radical (unpaired) electrons. The molecule has 0 aliphatic heterocycles. The van der Waals surface area contributed by atoms with E-state index in [2.05, 4.69) is 15.3 Å². The van der Waals surface area contributed by atoms with E-state index in [1.165, 1.54) is 23.1 Å². The summed E-state index contributed by atoms with van der Waals surface area (Å²) in [6.07, 6.45) is 0. The molecule has 0 unspecified atom stereocenters. The molecule has 126 valence electrons. The van der Waals surface area contributed by atoms with Crippen LogP contribution >= 0.6 is 23.1 Å². The van der Waals surface area contributed by atoms with Gasteiger partial charge in [0.25, 0.3) is 5.91 Å². The summed E-state index contributed by atoms with van der Waals surface area (Å²) < 4.78 is 0. The lowest BCUT2D eigenvalue weighted by atomic mass is 10.1. The van der Waals surface area contributed by atoms with Crippen molar-refractivity contribution >= 4 is 34.9 Å². The second-order valence-corrected chi connectivity index (χ2v) is 7.08. The van der Waals surface area contributed by atoms with E-state index in [0.29, 0.717) is 10.0 Å². The SMILES string of the molecule is Cc1cc(-c2ccccc2)nc(SCC(=O)NC(=O)c2cccs2)n1. The zero-order valence-electron chi connectivity index (χ0n) is 13.4. The summed E-state index contributed by atoms with van der Waals surface area (Å²) in [6, 6.07) is 15.1. The molecular weight excluding hydrogens is 354 g/mol. The van der Waals surface area contributed by atoms with E-state index in [1.54, 1.807) is 17.5 Å². The highest BCUT2D eigenvalue weighted by Gasteiger charge is 2.13. The highest BCUT2D eigenvalue weighted by atomic mass is 32.2. The van der Waals surface area contributed by atoms with Crippen LogP contribution in [0.2, 0.25) is 0 Å². The Labute approximate surface area is 153 Å². The van der Waals surface area contributed by atoms with E-state index in [-0.39, 0.29) is 17.6 Å². The molecule has 2 aromatic heterocycles. The lowest BCUT2D eigenvalue weighted by molar-refractivity contribution is -0.117. The smallest absolute Gasteiger partial charge is 0.267 e. The molecule has 25 heavy (non-hydrogen) atoms. The quantitative estimate of drug-likeness (QED) is 0.550. The van der Waals surface area contributed by atoms with E-state index >= 15 is 0 Å². The first-order valence-corrected chi connectivity index (χ1v) is 9.40. The minimum absolute atomic E-state index is 0.0782. The van der Waals surface area contributed by atoms with Crippen LogP contribution in [0.3, 0.4) is 0 Å². The van der Waals surface area contributed by atoms with Crippen molar-refractivity contribution in [3.63, 3.8) is 0 Å². The number of nitrogens with one attached hydrogen (secondary N) is 1. The average Bonchev–Trinajstić information content (AvgIpc) is 3.15. The van der Waals surface area contributed by atoms with Gasteiger partial charge >= 0.3 is 0 Å². The highest BCUT2D eigenvalue weighted by Crippen LogP contribution is 2.21. The number of aromatic nitrogens is 2. The first kappa shape index (κ1) is 17.3. The minimum Gasteiger partial charge on any atom is -0.291 e. The fourth-order valence-corrected chi connectivity index (χ4v) is 3.45. The molecule has 0 fully saturated rings. The van der Waals surface area contributed by atoms with Crippen molar-refractivity contribution in [2.24, 2.45) is 0 Å². The Morgan fingerprint density at radius 2 is 1.92 bits per heavy atom. The van der Waals surface area contributed by atoms with Crippen LogP contribution in [0.5, 0.6) is 0 Å². The van der Waals surface area contributed by atoms with Gasteiger partial charge in [0, 0.05) is 11.3 Å². The van der Waals surface area contributed by atoms with Crippen LogP contribution in [0.4, 0.5) is 0 Å². The number of carbonyl (C=O) groups excluding carboxylic acids is 2. The Hall–Kier alpha value is -2.51. The first-order chi connectivity index (χ1) is 12.1. The molecule has 2 heterocycles. The molecule has 0 saturated heterocycles. The maximum absolute atomic E-state index is 12.0. The Bertz CT molecular complexity index is 881. The van der Waals surface area contributed by atoms with Gasteiger partial charge in [-0.1, -0.05) is 48.2 Å². The van der Waals surface area contributed by atoms with Crippen molar-refractivity contribution in [3.05, 3.63) is 64.5 Å². The average molecular weight is 369 g/mol. The monoisotopic (exact) mass is 369 g/mol. The Kier molecular flexibility index (Phi) is 5.57. The van der Waals surface area contributed by atoms with Crippen LogP contribution in [0.25, 0.3) is 11.3 Å². The molecule has 2 amide bonds. The minimum atomic E-state index is -0.379. The number of rotatable bonds is 5. The van der Waals surface area contributed by atoms with Crippen molar-refractivity contribution in [3.8, 4) is 11.3 Å². The van der Waals surface area contributed by atoms with Gasteiger partial charge in [-0.15, -0.1) is 11.3 Å². The van der Waals surface area contributed by atoms with Crippen molar-refractivity contribution in [1.29, 1.82) is 0 Å². The van der Waals surface area contributed by atoms with Gasteiger partial charge in [-0.25, -0.2) is 9.97 Å². The summed E-state index contributed by atoms with van der Waals surface area (Å²) in [5.74, 6) is -0.667. The second-order valence-electron chi connectivity index (χ2n) is 5.19. The van der Waals surface area contributed by atoms with Crippen LogP contribution in [-0.4, -0.2) is 27.5 Å². The lowest BCUT2D eigenvalue weighted by Crippen LogP contribution is -2.31. The lowest BCUT2D eigenvalue weighted by Gasteiger charge is -2.06. The van der Waals surface area contributed by atoms with Crippen molar-refractivity contribution in [1.82, 2.24) is 15.3 Å². The summed E-state index contributed by atoms with van der Waals surface area (Å²) in [4.78, 5) is 33.2. The molecule has 3 rings (SSSR count). The van der Waals surface area contributed by atoms with Gasteiger partial charge < -0.3 is 0 Å². The van der Waals surface area contributed by atoms with Crippen LogP contribution < -0.4 is 5.32 Å². The topological polar surface area (TPSA) is 72.0 Å². The van der Waals surface area contributed by atoms with E-state index < -0.39 is 0 Å². The molecule has 0 atom stereocenters. The van der Waals surface area contributed by atoms with Gasteiger partial charge in [0.2, 0.25) is 5.91 Å². The predicted octanol–water partition coefficient (Wildman–Crippen LogP) is 3.56. The van der Waals surface area contributed by atoms with Crippen molar-refractivity contribution in [2.45, 2.75) is 12.1 Å². The van der Waals surface area contributed by atoms with Gasteiger partial charge in [0.15, 0.2) is 5.16 Å². The summed E-state index contributed by atoms with van der Waals surface area (Å²) >= 11 is 2.50. The maximum atomic E-state index is 12.0. The van der Waals surface area contributed by atoms with Crippen LogP contribution in [0, 0.1) is 6.92 Å². The number of thiophene rings is 1. The third-order valence-corrected chi connectivity index (χ3v) is 4.95.